The predicted molar refractivity (Wildman–Crippen MR) is 68.8 cm³/mol. The lowest BCUT2D eigenvalue weighted by Gasteiger charge is -2.08. The van der Waals surface area contributed by atoms with E-state index in [9.17, 15) is 0 Å². The molecule has 0 bridgehead atoms. The number of halogens is 1. The summed E-state index contributed by atoms with van der Waals surface area (Å²) in [6.45, 7) is 4.04. The minimum absolute atomic E-state index is 0.0987. The highest BCUT2D eigenvalue weighted by atomic mass is 35.5. The highest BCUT2D eigenvalue weighted by molar-refractivity contribution is 6.30. The van der Waals surface area contributed by atoms with Gasteiger partial charge in [0.1, 0.15) is 5.15 Å². The molecule has 0 aliphatic heterocycles. The summed E-state index contributed by atoms with van der Waals surface area (Å²) in [7, 11) is 0. The van der Waals surface area contributed by atoms with Crippen LogP contribution < -0.4 is 5.73 Å². The van der Waals surface area contributed by atoms with E-state index in [0.717, 1.165) is 22.9 Å². The number of fused-ring (bicyclic) bond motifs is 1. The van der Waals surface area contributed by atoms with Crippen molar-refractivity contribution in [2.45, 2.75) is 26.3 Å². The highest BCUT2D eigenvalue weighted by Gasteiger charge is 2.07. The topological polar surface area (TPSA) is 38.9 Å². The Kier molecular flexibility index (Phi) is 3.13. The summed E-state index contributed by atoms with van der Waals surface area (Å²) in [6, 6.07) is 8.33. The summed E-state index contributed by atoms with van der Waals surface area (Å²) in [5.74, 6) is 0. The maximum Gasteiger partial charge on any atom is 0.133 e. The number of aryl methyl sites for hydroxylation is 1. The van der Waals surface area contributed by atoms with Crippen LogP contribution in [0.15, 0.2) is 24.3 Å². The third-order valence-electron chi connectivity index (χ3n) is 2.54. The first kappa shape index (κ1) is 11.4. The molecule has 2 aromatic rings. The van der Waals surface area contributed by atoms with Crippen LogP contribution in [0.5, 0.6) is 0 Å². The van der Waals surface area contributed by atoms with E-state index >= 15 is 0 Å². The monoisotopic (exact) mass is 234 g/mol. The van der Waals surface area contributed by atoms with Crippen molar-refractivity contribution in [2.75, 3.05) is 0 Å². The van der Waals surface area contributed by atoms with E-state index in [-0.39, 0.29) is 6.04 Å². The smallest absolute Gasteiger partial charge is 0.133 e. The van der Waals surface area contributed by atoms with Gasteiger partial charge in [-0.25, -0.2) is 4.98 Å². The molecule has 84 valence electrons. The van der Waals surface area contributed by atoms with Gasteiger partial charge in [-0.2, -0.15) is 0 Å². The standard InChI is InChI=1S/C13H15ClN2/c1-8-3-4-12-10(5-8)7-11(6-9(2)15)13(14)16-12/h3-5,7,9H,6,15H2,1-2H3. The molecule has 1 heterocycles. The van der Waals surface area contributed by atoms with Crippen LogP contribution in [0.25, 0.3) is 10.9 Å². The van der Waals surface area contributed by atoms with Crippen molar-refractivity contribution in [1.29, 1.82) is 0 Å². The van der Waals surface area contributed by atoms with Gasteiger partial charge >= 0.3 is 0 Å². The molecule has 0 saturated heterocycles. The molecule has 2 N–H and O–H groups in total. The second-order valence-corrected chi connectivity index (χ2v) is 4.67. The SMILES string of the molecule is Cc1ccc2nc(Cl)c(CC(C)N)cc2c1. The van der Waals surface area contributed by atoms with Crippen molar-refractivity contribution in [3.63, 3.8) is 0 Å². The zero-order valence-corrected chi connectivity index (χ0v) is 10.3. The van der Waals surface area contributed by atoms with E-state index in [4.69, 9.17) is 17.3 Å². The maximum absolute atomic E-state index is 6.12. The van der Waals surface area contributed by atoms with Gasteiger partial charge in [-0.1, -0.05) is 23.2 Å². The number of nitrogens with zero attached hydrogens (tertiary/aromatic N) is 1. The van der Waals surface area contributed by atoms with Crippen LogP contribution in [0.2, 0.25) is 5.15 Å². The molecule has 0 spiro atoms. The molecular formula is C13H15ClN2. The average Bonchev–Trinajstić information content (AvgIpc) is 2.19. The summed E-state index contributed by atoms with van der Waals surface area (Å²) in [5, 5.41) is 1.69. The number of rotatable bonds is 2. The van der Waals surface area contributed by atoms with Gasteiger partial charge in [0.2, 0.25) is 0 Å². The van der Waals surface area contributed by atoms with Crippen LogP contribution in [0, 0.1) is 6.92 Å². The Morgan fingerprint density at radius 3 is 2.81 bits per heavy atom. The number of hydrogen-bond donors (Lipinski definition) is 1. The van der Waals surface area contributed by atoms with Crippen molar-refractivity contribution < 1.29 is 0 Å². The Morgan fingerprint density at radius 2 is 2.12 bits per heavy atom. The first-order chi connectivity index (χ1) is 7.56. The van der Waals surface area contributed by atoms with Crippen LogP contribution >= 0.6 is 11.6 Å². The third-order valence-corrected chi connectivity index (χ3v) is 2.87. The summed E-state index contributed by atoms with van der Waals surface area (Å²) >= 11 is 6.12. The molecule has 0 amide bonds. The highest BCUT2D eigenvalue weighted by Crippen LogP contribution is 2.22. The average molecular weight is 235 g/mol. The van der Waals surface area contributed by atoms with Crippen LogP contribution in [0.1, 0.15) is 18.1 Å². The number of benzene rings is 1. The lowest BCUT2D eigenvalue weighted by atomic mass is 10.1. The Labute approximate surface area is 100 Å². The Balaban J connectivity index is 2.55. The molecule has 1 atom stereocenters. The number of nitrogens with two attached hydrogens (primary N) is 1. The molecule has 1 aromatic carbocycles. The Morgan fingerprint density at radius 1 is 1.38 bits per heavy atom. The normalized spacial score (nSPS) is 13.0. The van der Waals surface area contributed by atoms with E-state index in [2.05, 4.69) is 24.0 Å². The quantitative estimate of drug-likeness (QED) is 0.811. The van der Waals surface area contributed by atoms with Crippen LogP contribution in [-0.2, 0) is 6.42 Å². The zero-order chi connectivity index (χ0) is 11.7. The number of aromatic nitrogens is 1. The molecule has 0 aliphatic carbocycles. The van der Waals surface area contributed by atoms with Gasteiger partial charge in [0, 0.05) is 11.4 Å². The molecule has 2 rings (SSSR count). The van der Waals surface area contributed by atoms with Gasteiger partial charge in [0.25, 0.3) is 0 Å². The molecular weight excluding hydrogens is 220 g/mol. The molecule has 16 heavy (non-hydrogen) atoms. The van der Waals surface area contributed by atoms with Crippen LogP contribution in [0.3, 0.4) is 0 Å². The Bertz CT molecular complexity index is 521. The second kappa shape index (κ2) is 4.40. The predicted octanol–water partition coefficient (Wildman–Crippen LogP) is 3.09. The van der Waals surface area contributed by atoms with Crippen molar-refractivity contribution in [2.24, 2.45) is 5.73 Å². The molecule has 3 heteroatoms. The lowest BCUT2D eigenvalue weighted by molar-refractivity contribution is 0.737. The minimum Gasteiger partial charge on any atom is -0.328 e. The van der Waals surface area contributed by atoms with Gasteiger partial charge in [-0.3, -0.25) is 0 Å². The molecule has 0 aliphatic rings. The fraction of sp³-hybridized carbons (Fsp3) is 0.308. The van der Waals surface area contributed by atoms with Crippen molar-refractivity contribution >= 4 is 22.5 Å². The van der Waals surface area contributed by atoms with Gasteiger partial charge in [-0.15, -0.1) is 0 Å². The number of pyridine rings is 1. The first-order valence-electron chi connectivity index (χ1n) is 5.37. The van der Waals surface area contributed by atoms with E-state index in [1.807, 2.05) is 19.1 Å². The van der Waals surface area contributed by atoms with Gasteiger partial charge in [0.15, 0.2) is 0 Å². The van der Waals surface area contributed by atoms with E-state index in [0.29, 0.717) is 5.15 Å². The summed E-state index contributed by atoms with van der Waals surface area (Å²) in [6.07, 6.45) is 0.760. The van der Waals surface area contributed by atoms with Gasteiger partial charge in [-0.05, 0) is 44.0 Å². The number of hydrogen-bond acceptors (Lipinski definition) is 2. The maximum atomic E-state index is 6.12. The zero-order valence-electron chi connectivity index (χ0n) is 9.50. The Hall–Kier alpha value is -1.12. The van der Waals surface area contributed by atoms with Crippen LogP contribution in [-0.4, -0.2) is 11.0 Å². The lowest BCUT2D eigenvalue weighted by Crippen LogP contribution is -2.18. The summed E-state index contributed by atoms with van der Waals surface area (Å²) < 4.78 is 0. The summed E-state index contributed by atoms with van der Waals surface area (Å²) in [5.41, 5.74) is 8.96. The van der Waals surface area contributed by atoms with Gasteiger partial charge < -0.3 is 5.73 Å². The largest absolute Gasteiger partial charge is 0.328 e. The molecule has 2 nitrogen and oxygen atoms in total. The van der Waals surface area contributed by atoms with Crippen molar-refractivity contribution in [1.82, 2.24) is 4.98 Å². The minimum atomic E-state index is 0.0987. The molecule has 1 aromatic heterocycles. The molecule has 1 unspecified atom stereocenters. The molecule has 0 saturated carbocycles. The first-order valence-corrected chi connectivity index (χ1v) is 5.75. The van der Waals surface area contributed by atoms with Crippen molar-refractivity contribution in [3.8, 4) is 0 Å². The van der Waals surface area contributed by atoms with Crippen LogP contribution in [0.4, 0.5) is 0 Å². The summed E-state index contributed by atoms with van der Waals surface area (Å²) in [4.78, 5) is 4.38. The van der Waals surface area contributed by atoms with E-state index < -0.39 is 0 Å². The van der Waals surface area contributed by atoms with E-state index in [1.165, 1.54) is 5.56 Å². The molecule has 0 fully saturated rings. The molecule has 0 radical (unpaired) electrons. The fourth-order valence-corrected chi connectivity index (χ4v) is 2.03. The van der Waals surface area contributed by atoms with Gasteiger partial charge in [0.05, 0.1) is 5.52 Å². The van der Waals surface area contributed by atoms with E-state index in [1.54, 1.807) is 0 Å². The third kappa shape index (κ3) is 2.34. The van der Waals surface area contributed by atoms with Crippen molar-refractivity contribution in [3.05, 3.63) is 40.5 Å². The second-order valence-electron chi connectivity index (χ2n) is 4.32. The fourth-order valence-electron chi connectivity index (χ4n) is 1.81.